The minimum atomic E-state index is 0.0284. The molecule has 0 spiro atoms. The number of halogens is 2. The summed E-state index contributed by atoms with van der Waals surface area (Å²) in [4.78, 5) is 11.6. The number of allylic oxidation sites excluding steroid dienone is 1. The molecule has 16 heavy (non-hydrogen) atoms. The van der Waals surface area contributed by atoms with Gasteiger partial charge in [-0.3, -0.25) is 4.79 Å². The fourth-order valence-corrected chi connectivity index (χ4v) is 1.92. The summed E-state index contributed by atoms with van der Waals surface area (Å²) in [5.41, 5.74) is 0.790. The summed E-state index contributed by atoms with van der Waals surface area (Å²) in [6.07, 6.45) is 4.04. The Kier molecular flexibility index (Phi) is 5.77. The van der Waals surface area contributed by atoms with Crippen molar-refractivity contribution < 1.29 is 4.79 Å². The highest BCUT2D eigenvalue weighted by atomic mass is 79.9. The van der Waals surface area contributed by atoms with Gasteiger partial charge in [0, 0.05) is 15.4 Å². The van der Waals surface area contributed by atoms with Gasteiger partial charge < -0.3 is 5.32 Å². The van der Waals surface area contributed by atoms with Crippen molar-refractivity contribution in [1.29, 1.82) is 0 Å². The number of carbonyl (C=O) groups is 1. The maximum absolute atomic E-state index is 11.6. The number of unbranched alkanes of at least 4 members (excludes halogenated alkanes) is 1. The lowest BCUT2D eigenvalue weighted by molar-refractivity contribution is -0.116. The molecule has 0 atom stereocenters. The predicted molar refractivity (Wildman–Crippen MR) is 74.5 cm³/mol. The molecule has 0 fully saturated rings. The largest absolute Gasteiger partial charge is 0.325 e. The lowest BCUT2D eigenvalue weighted by Gasteiger charge is -2.07. The molecular weight excluding hydrogens is 334 g/mol. The highest BCUT2D eigenvalue weighted by molar-refractivity contribution is 9.11. The second-order valence-corrected chi connectivity index (χ2v) is 5.12. The van der Waals surface area contributed by atoms with Crippen LogP contribution in [0.2, 0.25) is 0 Å². The first-order valence-electron chi connectivity index (χ1n) is 4.99. The van der Waals surface area contributed by atoms with Gasteiger partial charge in [-0.2, -0.15) is 0 Å². The van der Waals surface area contributed by atoms with Gasteiger partial charge in [0.25, 0.3) is 0 Å². The Balaban J connectivity index is 2.55. The first-order chi connectivity index (χ1) is 7.63. The van der Waals surface area contributed by atoms with Crippen molar-refractivity contribution in [2.45, 2.75) is 19.3 Å². The first-order valence-corrected chi connectivity index (χ1v) is 6.58. The molecule has 0 unspecified atom stereocenters. The van der Waals surface area contributed by atoms with Crippen LogP contribution in [0.5, 0.6) is 0 Å². The van der Waals surface area contributed by atoms with Gasteiger partial charge >= 0.3 is 0 Å². The SMILES string of the molecule is C=CCCCC(=O)Nc1cc(Br)ccc1Br. The minimum Gasteiger partial charge on any atom is -0.325 e. The maximum Gasteiger partial charge on any atom is 0.224 e. The zero-order chi connectivity index (χ0) is 12.0. The average molecular weight is 347 g/mol. The molecule has 2 nitrogen and oxygen atoms in total. The third-order valence-electron chi connectivity index (χ3n) is 2.01. The summed E-state index contributed by atoms with van der Waals surface area (Å²) < 4.78 is 1.82. The van der Waals surface area contributed by atoms with Crippen molar-refractivity contribution in [3.05, 3.63) is 39.8 Å². The zero-order valence-corrected chi connectivity index (χ0v) is 12.0. The minimum absolute atomic E-state index is 0.0284. The number of rotatable bonds is 5. The van der Waals surface area contributed by atoms with Crippen LogP contribution in [0.15, 0.2) is 39.8 Å². The van der Waals surface area contributed by atoms with Crippen LogP contribution in [0.25, 0.3) is 0 Å². The van der Waals surface area contributed by atoms with Crippen molar-refractivity contribution in [3.63, 3.8) is 0 Å². The number of hydrogen-bond acceptors (Lipinski definition) is 1. The fourth-order valence-electron chi connectivity index (χ4n) is 1.21. The molecule has 1 aromatic rings. The van der Waals surface area contributed by atoms with E-state index in [2.05, 4.69) is 43.8 Å². The number of anilines is 1. The predicted octanol–water partition coefficient (Wildman–Crippen LogP) is 4.51. The lowest BCUT2D eigenvalue weighted by atomic mass is 10.2. The Morgan fingerprint density at radius 2 is 2.19 bits per heavy atom. The summed E-state index contributed by atoms with van der Waals surface area (Å²) in [6.45, 7) is 3.62. The van der Waals surface area contributed by atoms with E-state index in [-0.39, 0.29) is 5.91 Å². The van der Waals surface area contributed by atoms with Gasteiger partial charge in [0.2, 0.25) is 5.91 Å². The fraction of sp³-hybridized carbons (Fsp3) is 0.250. The lowest BCUT2D eigenvalue weighted by Crippen LogP contribution is -2.11. The molecule has 0 aliphatic carbocycles. The van der Waals surface area contributed by atoms with Crippen molar-refractivity contribution >= 4 is 43.5 Å². The number of hydrogen-bond donors (Lipinski definition) is 1. The third kappa shape index (κ3) is 4.49. The van der Waals surface area contributed by atoms with E-state index in [1.807, 2.05) is 24.3 Å². The van der Waals surface area contributed by atoms with Gasteiger partial charge in [-0.25, -0.2) is 0 Å². The van der Waals surface area contributed by atoms with Crippen molar-refractivity contribution in [3.8, 4) is 0 Å². The van der Waals surface area contributed by atoms with Crippen LogP contribution >= 0.6 is 31.9 Å². The van der Waals surface area contributed by atoms with Crippen LogP contribution in [0.3, 0.4) is 0 Å². The summed E-state index contributed by atoms with van der Waals surface area (Å²) in [6, 6.07) is 5.68. The molecule has 0 bridgehead atoms. The standard InChI is InChI=1S/C12H13Br2NO/c1-2-3-4-5-12(16)15-11-8-9(13)6-7-10(11)14/h2,6-8H,1,3-5H2,(H,15,16). The summed E-state index contributed by atoms with van der Waals surface area (Å²) >= 11 is 6.75. The highest BCUT2D eigenvalue weighted by Crippen LogP contribution is 2.26. The van der Waals surface area contributed by atoms with Crippen LogP contribution in [-0.4, -0.2) is 5.91 Å². The average Bonchev–Trinajstić information content (AvgIpc) is 2.24. The van der Waals surface area contributed by atoms with E-state index in [1.54, 1.807) is 0 Å². The Morgan fingerprint density at radius 1 is 1.44 bits per heavy atom. The number of carbonyl (C=O) groups excluding carboxylic acids is 1. The van der Waals surface area contributed by atoms with Crippen LogP contribution in [-0.2, 0) is 4.79 Å². The molecule has 1 rings (SSSR count). The number of nitrogens with one attached hydrogen (secondary N) is 1. The molecule has 0 aliphatic rings. The second kappa shape index (κ2) is 6.86. The van der Waals surface area contributed by atoms with E-state index in [1.165, 1.54) is 0 Å². The van der Waals surface area contributed by atoms with Gasteiger partial charge in [-0.05, 0) is 47.0 Å². The molecule has 0 aromatic heterocycles. The molecule has 0 heterocycles. The smallest absolute Gasteiger partial charge is 0.224 e. The van der Waals surface area contributed by atoms with Crippen LogP contribution in [0.4, 0.5) is 5.69 Å². The van der Waals surface area contributed by atoms with Crippen molar-refractivity contribution in [2.75, 3.05) is 5.32 Å². The van der Waals surface area contributed by atoms with Gasteiger partial charge in [0.15, 0.2) is 0 Å². The molecule has 0 saturated carbocycles. The molecule has 86 valence electrons. The van der Waals surface area contributed by atoms with Crippen molar-refractivity contribution in [1.82, 2.24) is 0 Å². The second-order valence-electron chi connectivity index (χ2n) is 3.35. The zero-order valence-electron chi connectivity index (χ0n) is 8.80. The van der Waals surface area contributed by atoms with E-state index in [0.29, 0.717) is 6.42 Å². The molecule has 1 amide bonds. The van der Waals surface area contributed by atoms with Gasteiger partial charge in [0.05, 0.1) is 5.69 Å². The third-order valence-corrected chi connectivity index (χ3v) is 3.20. The summed E-state index contributed by atoms with van der Waals surface area (Å²) in [5.74, 6) is 0.0284. The first kappa shape index (κ1) is 13.5. The van der Waals surface area contributed by atoms with Crippen LogP contribution in [0.1, 0.15) is 19.3 Å². The maximum atomic E-state index is 11.6. The van der Waals surface area contributed by atoms with Crippen LogP contribution < -0.4 is 5.32 Å². The number of amides is 1. The Labute approximate surface area is 112 Å². The Bertz CT molecular complexity index is 391. The monoisotopic (exact) mass is 345 g/mol. The molecule has 0 radical (unpaired) electrons. The molecule has 1 N–H and O–H groups in total. The molecular formula is C12H13Br2NO. The van der Waals surface area contributed by atoms with E-state index >= 15 is 0 Å². The van der Waals surface area contributed by atoms with E-state index in [9.17, 15) is 4.79 Å². The Morgan fingerprint density at radius 3 is 2.88 bits per heavy atom. The normalized spacial score (nSPS) is 9.88. The quantitative estimate of drug-likeness (QED) is 0.617. The molecule has 0 saturated heterocycles. The number of benzene rings is 1. The molecule has 4 heteroatoms. The Hall–Kier alpha value is -0.610. The summed E-state index contributed by atoms with van der Waals surface area (Å²) in [5, 5.41) is 2.86. The summed E-state index contributed by atoms with van der Waals surface area (Å²) in [7, 11) is 0. The van der Waals surface area contributed by atoms with Crippen molar-refractivity contribution in [2.24, 2.45) is 0 Å². The van der Waals surface area contributed by atoms with Gasteiger partial charge in [0.1, 0.15) is 0 Å². The molecule has 1 aromatic carbocycles. The van der Waals surface area contributed by atoms with Gasteiger partial charge in [-0.15, -0.1) is 6.58 Å². The van der Waals surface area contributed by atoms with E-state index in [0.717, 1.165) is 27.5 Å². The molecule has 0 aliphatic heterocycles. The van der Waals surface area contributed by atoms with Gasteiger partial charge in [-0.1, -0.05) is 22.0 Å². The van der Waals surface area contributed by atoms with E-state index < -0.39 is 0 Å². The van der Waals surface area contributed by atoms with Crippen LogP contribution in [0, 0.1) is 0 Å². The highest BCUT2D eigenvalue weighted by Gasteiger charge is 2.05. The van der Waals surface area contributed by atoms with E-state index in [4.69, 9.17) is 0 Å². The topological polar surface area (TPSA) is 29.1 Å².